The molecule has 3 aromatic rings. The van der Waals surface area contributed by atoms with Gasteiger partial charge in [-0.2, -0.15) is 0 Å². The molecule has 0 saturated heterocycles. The van der Waals surface area contributed by atoms with Gasteiger partial charge in [-0.3, -0.25) is 19.3 Å². The van der Waals surface area contributed by atoms with Gasteiger partial charge in [0.2, 0.25) is 11.8 Å². The number of anilines is 1. The van der Waals surface area contributed by atoms with E-state index >= 15 is 0 Å². The second-order valence-electron chi connectivity index (χ2n) is 12.8. The number of para-hydroxylation sites is 1. The monoisotopic (exact) mass is 611 g/mol. The molecule has 2 heterocycles. The first-order chi connectivity index (χ1) is 21.4. The van der Waals surface area contributed by atoms with Crippen molar-refractivity contribution in [3.8, 4) is 0 Å². The summed E-state index contributed by atoms with van der Waals surface area (Å²) in [5.74, 6) is -1.69. The van der Waals surface area contributed by atoms with Crippen LogP contribution in [0.4, 0.5) is 10.5 Å². The lowest BCUT2D eigenvalue weighted by molar-refractivity contribution is -0.151. The molecule has 3 aromatic carbocycles. The Hall–Kier alpha value is -4.66. The molecule has 1 N–H and O–H groups in total. The number of ether oxygens (including phenoxy) is 1. The standard InChI is InChI=1S/C36H41N3O6/c1-24(40)38(32-21-27-15-10-11-17-30(27)39(32)35(44)45-36(2,3)4)31(19-18-25-12-6-5-7-13-25)34(43)37-23-28-16-9-8-14-26(28)20-29(37)22-33(41)42/h5-17,29,31-32H,18-23H2,1-4H3,(H,41,42)/t29-,31+,32-/m1/s1. The summed E-state index contributed by atoms with van der Waals surface area (Å²) >= 11 is 0. The van der Waals surface area contributed by atoms with Crippen molar-refractivity contribution < 1.29 is 29.0 Å². The van der Waals surface area contributed by atoms with Gasteiger partial charge in [-0.15, -0.1) is 0 Å². The average Bonchev–Trinajstić information content (AvgIpc) is 3.36. The Morgan fingerprint density at radius 1 is 0.889 bits per heavy atom. The van der Waals surface area contributed by atoms with Gasteiger partial charge in [-0.1, -0.05) is 72.8 Å². The zero-order valence-electron chi connectivity index (χ0n) is 26.3. The molecular weight excluding hydrogens is 570 g/mol. The highest BCUT2D eigenvalue weighted by atomic mass is 16.6. The average molecular weight is 612 g/mol. The number of carboxylic acids is 1. The Balaban J connectivity index is 1.57. The first-order valence-corrected chi connectivity index (χ1v) is 15.4. The lowest BCUT2D eigenvalue weighted by atomic mass is 9.91. The minimum Gasteiger partial charge on any atom is -0.481 e. The summed E-state index contributed by atoms with van der Waals surface area (Å²) in [6, 6.07) is 23.4. The third-order valence-corrected chi connectivity index (χ3v) is 8.45. The van der Waals surface area contributed by atoms with Gasteiger partial charge in [-0.25, -0.2) is 4.79 Å². The van der Waals surface area contributed by atoms with E-state index in [0.717, 1.165) is 22.3 Å². The van der Waals surface area contributed by atoms with Gasteiger partial charge in [0.25, 0.3) is 0 Å². The van der Waals surface area contributed by atoms with Gasteiger partial charge in [-0.05, 0) is 68.4 Å². The van der Waals surface area contributed by atoms with Gasteiger partial charge >= 0.3 is 12.1 Å². The lowest BCUT2D eigenvalue weighted by Crippen LogP contribution is -2.61. The Kier molecular flexibility index (Phi) is 9.27. The van der Waals surface area contributed by atoms with Crippen molar-refractivity contribution in [3.63, 3.8) is 0 Å². The SMILES string of the molecule is CC(=O)N([C@@H](CCc1ccccc1)C(=O)N1Cc2ccccc2C[C@@H]1CC(=O)O)[C@H]1Cc2ccccc2N1C(=O)OC(C)(C)C. The summed E-state index contributed by atoms with van der Waals surface area (Å²) in [6.07, 6.45) is -0.117. The van der Waals surface area contributed by atoms with Crippen LogP contribution in [0.3, 0.4) is 0 Å². The summed E-state index contributed by atoms with van der Waals surface area (Å²) < 4.78 is 5.81. The Morgan fingerprint density at radius 2 is 1.51 bits per heavy atom. The quantitative estimate of drug-likeness (QED) is 0.356. The summed E-state index contributed by atoms with van der Waals surface area (Å²) in [7, 11) is 0. The summed E-state index contributed by atoms with van der Waals surface area (Å²) in [6.45, 7) is 7.01. The van der Waals surface area contributed by atoms with Crippen LogP contribution in [-0.2, 0) is 44.9 Å². The topological polar surface area (TPSA) is 107 Å². The van der Waals surface area contributed by atoms with E-state index in [0.29, 0.717) is 24.9 Å². The maximum Gasteiger partial charge on any atom is 0.416 e. The molecule has 0 radical (unpaired) electrons. The molecule has 0 bridgehead atoms. The predicted octanol–water partition coefficient (Wildman–Crippen LogP) is 5.59. The maximum atomic E-state index is 14.8. The fourth-order valence-electron chi connectivity index (χ4n) is 6.51. The molecule has 0 aromatic heterocycles. The van der Waals surface area contributed by atoms with Gasteiger partial charge < -0.3 is 19.6 Å². The van der Waals surface area contributed by atoms with Crippen molar-refractivity contribution in [1.29, 1.82) is 0 Å². The third-order valence-electron chi connectivity index (χ3n) is 8.45. The maximum absolute atomic E-state index is 14.8. The minimum atomic E-state index is -0.996. The number of aliphatic carboxylic acids is 1. The molecule has 0 fully saturated rings. The molecule has 0 unspecified atom stereocenters. The van der Waals surface area contributed by atoms with Gasteiger partial charge in [0.05, 0.1) is 12.1 Å². The van der Waals surface area contributed by atoms with Crippen LogP contribution in [0.2, 0.25) is 0 Å². The van der Waals surface area contributed by atoms with Crippen LogP contribution in [0.1, 0.15) is 62.8 Å². The second kappa shape index (κ2) is 13.1. The third kappa shape index (κ3) is 7.19. The van der Waals surface area contributed by atoms with E-state index in [9.17, 15) is 24.3 Å². The van der Waals surface area contributed by atoms with E-state index in [1.165, 1.54) is 16.7 Å². The number of amides is 3. The highest BCUT2D eigenvalue weighted by Gasteiger charge is 2.46. The predicted molar refractivity (Wildman–Crippen MR) is 170 cm³/mol. The number of carbonyl (C=O) groups is 4. The summed E-state index contributed by atoms with van der Waals surface area (Å²) in [4.78, 5) is 58.9. The zero-order valence-corrected chi connectivity index (χ0v) is 26.3. The number of nitrogens with zero attached hydrogens (tertiary/aromatic N) is 3. The van der Waals surface area contributed by atoms with Crippen LogP contribution < -0.4 is 4.90 Å². The van der Waals surface area contributed by atoms with Crippen LogP contribution in [0.5, 0.6) is 0 Å². The highest BCUT2D eigenvalue weighted by molar-refractivity contribution is 5.94. The number of fused-ring (bicyclic) bond motifs is 2. The minimum absolute atomic E-state index is 0.218. The van der Waals surface area contributed by atoms with E-state index in [4.69, 9.17) is 4.74 Å². The van der Waals surface area contributed by atoms with Crippen molar-refractivity contribution in [2.75, 3.05) is 4.90 Å². The van der Waals surface area contributed by atoms with Crippen LogP contribution in [-0.4, -0.2) is 62.6 Å². The normalized spacial score (nSPS) is 18.0. The lowest BCUT2D eigenvalue weighted by Gasteiger charge is -2.44. The summed E-state index contributed by atoms with van der Waals surface area (Å²) in [5.41, 5.74) is 3.68. The van der Waals surface area contributed by atoms with Crippen LogP contribution >= 0.6 is 0 Å². The molecule has 5 rings (SSSR count). The molecule has 2 aliphatic heterocycles. The Bertz CT molecular complexity index is 1570. The highest BCUT2D eigenvalue weighted by Crippen LogP contribution is 2.37. The van der Waals surface area contributed by atoms with Crippen LogP contribution in [0.15, 0.2) is 78.9 Å². The van der Waals surface area contributed by atoms with E-state index in [-0.39, 0.29) is 31.2 Å². The molecule has 3 atom stereocenters. The number of carbonyl (C=O) groups excluding carboxylic acids is 3. The van der Waals surface area contributed by atoms with E-state index < -0.39 is 35.9 Å². The van der Waals surface area contributed by atoms with E-state index in [1.54, 1.807) is 25.7 Å². The number of rotatable bonds is 8. The Labute approximate surface area is 264 Å². The molecule has 45 heavy (non-hydrogen) atoms. The number of carboxylic acid groups (broad SMARTS) is 1. The molecule has 9 heteroatoms. The van der Waals surface area contributed by atoms with Crippen molar-refractivity contribution in [2.24, 2.45) is 0 Å². The number of hydrogen-bond acceptors (Lipinski definition) is 5. The molecular formula is C36H41N3O6. The van der Waals surface area contributed by atoms with Gasteiger partial charge in [0.15, 0.2) is 0 Å². The smallest absolute Gasteiger partial charge is 0.416 e. The van der Waals surface area contributed by atoms with E-state index in [1.807, 2.05) is 78.9 Å². The summed E-state index contributed by atoms with van der Waals surface area (Å²) in [5, 5.41) is 9.80. The molecule has 0 spiro atoms. The van der Waals surface area contributed by atoms with Crippen molar-refractivity contribution in [2.45, 2.75) is 90.2 Å². The second-order valence-corrected chi connectivity index (χ2v) is 12.8. The van der Waals surface area contributed by atoms with Crippen molar-refractivity contribution >= 4 is 29.6 Å². The molecule has 3 amide bonds. The molecule has 9 nitrogen and oxygen atoms in total. The van der Waals surface area contributed by atoms with Gasteiger partial charge in [0.1, 0.15) is 17.8 Å². The van der Waals surface area contributed by atoms with Crippen molar-refractivity contribution in [1.82, 2.24) is 9.80 Å². The molecule has 0 aliphatic carbocycles. The largest absolute Gasteiger partial charge is 0.481 e. The molecule has 2 aliphatic rings. The first kappa shape index (κ1) is 31.8. The van der Waals surface area contributed by atoms with E-state index in [2.05, 4.69) is 0 Å². The molecule has 236 valence electrons. The number of hydrogen-bond donors (Lipinski definition) is 1. The number of benzene rings is 3. The fraction of sp³-hybridized carbons (Fsp3) is 0.389. The Morgan fingerprint density at radius 3 is 2.16 bits per heavy atom. The zero-order chi connectivity index (χ0) is 32.3. The van der Waals surface area contributed by atoms with Crippen molar-refractivity contribution in [3.05, 3.63) is 101 Å². The van der Waals surface area contributed by atoms with Crippen LogP contribution in [0, 0.1) is 0 Å². The first-order valence-electron chi connectivity index (χ1n) is 15.4. The molecule has 0 saturated carbocycles. The number of aryl methyl sites for hydroxylation is 1. The van der Waals surface area contributed by atoms with Gasteiger partial charge in [0, 0.05) is 25.9 Å². The fourth-order valence-corrected chi connectivity index (χ4v) is 6.51. The van der Waals surface area contributed by atoms with Crippen LogP contribution in [0.25, 0.3) is 0 Å².